The van der Waals surface area contributed by atoms with E-state index in [2.05, 4.69) is 5.32 Å². The molecule has 1 aromatic rings. The predicted octanol–water partition coefficient (Wildman–Crippen LogP) is 2.03. The maximum atomic E-state index is 13.1. The van der Waals surface area contributed by atoms with Crippen molar-refractivity contribution in [1.29, 1.82) is 0 Å². The van der Waals surface area contributed by atoms with E-state index >= 15 is 0 Å². The number of ether oxygens (including phenoxy) is 2. The molecule has 114 valence electrons. The largest absolute Gasteiger partial charge is 0.373 e. The summed E-state index contributed by atoms with van der Waals surface area (Å²) in [4.78, 5) is 12.1. The zero-order valence-electron chi connectivity index (χ0n) is 11.5. The van der Waals surface area contributed by atoms with Crippen LogP contribution in [-0.2, 0) is 9.47 Å². The van der Waals surface area contributed by atoms with E-state index in [1.54, 1.807) is 0 Å². The van der Waals surface area contributed by atoms with Gasteiger partial charge in [-0.15, -0.1) is 0 Å². The number of carbonyl (C=O) groups is 1. The molecule has 1 saturated carbocycles. The second-order valence-electron chi connectivity index (χ2n) is 5.43. The van der Waals surface area contributed by atoms with Crippen LogP contribution >= 0.6 is 0 Å². The first-order valence-corrected chi connectivity index (χ1v) is 7.12. The molecule has 0 radical (unpaired) electrons. The minimum absolute atomic E-state index is 0.00255. The number of halogens is 2. The molecule has 0 aromatic heterocycles. The molecule has 21 heavy (non-hydrogen) atoms. The third-order valence-electron chi connectivity index (χ3n) is 4.00. The summed E-state index contributed by atoms with van der Waals surface area (Å²) in [5, 5.41) is 2.85. The minimum Gasteiger partial charge on any atom is -0.373 e. The number of benzene rings is 1. The standard InChI is InChI=1S/C15H17F2NO3/c16-11-3-1-9(7-12(11)17)15(19)18-10-2-4-13-14(8-10)21-6-5-20-13/h1,3,7,10,13-14H,2,4-6,8H2,(H,18,19)/t10-,13-,14-/m1/s1. The van der Waals surface area contributed by atoms with E-state index < -0.39 is 17.5 Å². The van der Waals surface area contributed by atoms with Crippen LogP contribution < -0.4 is 5.32 Å². The van der Waals surface area contributed by atoms with Crippen molar-refractivity contribution in [2.24, 2.45) is 0 Å². The molecule has 3 rings (SSSR count). The van der Waals surface area contributed by atoms with Gasteiger partial charge < -0.3 is 14.8 Å². The van der Waals surface area contributed by atoms with Gasteiger partial charge >= 0.3 is 0 Å². The number of fused-ring (bicyclic) bond motifs is 1. The van der Waals surface area contributed by atoms with E-state index in [0.717, 1.165) is 25.0 Å². The average Bonchev–Trinajstić information content (AvgIpc) is 2.50. The monoisotopic (exact) mass is 297 g/mol. The Morgan fingerprint density at radius 1 is 1.10 bits per heavy atom. The molecule has 1 aromatic carbocycles. The molecule has 2 aliphatic rings. The highest BCUT2D eigenvalue weighted by Crippen LogP contribution is 2.27. The summed E-state index contributed by atoms with van der Waals surface area (Å²) < 4.78 is 37.3. The highest BCUT2D eigenvalue weighted by atomic mass is 19.2. The Labute approximate surface area is 121 Å². The smallest absolute Gasteiger partial charge is 0.251 e. The van der Waals surface area contributed by atoms with Crippen LogP contribution in [0.2, 0.25) is 0 Å². The van der Waals surface area contributed by atoms with Crippen LogP contribution in [0.3, 0.4) is 0 Å². The Morgan fingerprint density at radius 3 is 2.62 bits per heavy atom. The number of hydrogen-bond donors (Lipinski definition) is 1. The van der Waals surface area contributed by atoms with Gasteiger partial charge in [0.25, 0.3) is 5.91 Å². The molecule has 0 unspecified atom stereocenters. The van der Waals surface area contributed by atoms with Crippen molar-refractivity contribution in [2.75, 3.05) is 13.2 Å². The molecule has 1 amide bonds. The summed E-state index contributed by atoms with van der Waals surface area (Å²) in [5.41, 5.74) is 0.122. The van der Waals surface area contributed by atoms with E-state index in [1.807, 2.05) is 0 Å². The first-order valence-electron chi connectivity index (χ1n) is 7.12. The topological polar surface area (TPSA) is 47.6 Å². The molecule has 3 atom stereocenters. The third-order valence-corrected chi connectivity index (χ3v) is 4.00. The number of rotatable bonds is 2. The van der Waals surface area contributed by atoms with Crippen molar-refractivity contribution in [3.8, 4) is 0 Å². The van der Waals surface area contributed by atoms with Crippen molar-refractivity contribution >= 4 is 5.91 Å². The van der Waals surface area contributed by atoms with Gasteiger partial charge in [-0.1, -0.05) is 0 Å². The van der Waals surface area contributed by atoms with Crippen LogP contribution in [0.4, 0.5) is 8.78 Å². The quantitative estimate of drug-likeness (QED) is 0.908. The molecular formula is C15H17F2NO3. The van der Waals surface area contributed by atoms with Crippen molar-refractivity contribution in [3.05, 3.63) is 35.4 Å². The van der Waals surface area contributed by atoms with Gasteiger partial charge in [-0.05, 0) is 37.5 Å². The summed E-state index contributed by atoms with van der Waals surface area (Å²) in [6.07, 6.45) is 2.41. The lowest BCUT2D eigenvalue weighted by Gasteiger charge is -2.39. The lowest BCUT2D eigenvalue weighted by Crippen LogP contribution is -2.49. The second-order valence-corrected chi connectivity index (χ2v) is 5.43. The maximum Gasteiger partial charge on any atom is 0.251 e. The number of amides is 1. The Kier molecular flexibility index (Phi) is 4.17. The lowest BCUT2D eigenvalue weighted by molar-refractivity contribution is -0.157. The van der Waals surface area contributed by atoms with Gasteiger partial charge in [0.1, 0.15) is 0 Å². The highest BCUT2D eigenvalue weighted by molar-refractivity contribution is 5.94. The highest BCUT2D eigenvalue weighted by Gasteiger charge is 2.34. The van der Waals surface area contributed by atoms with Crippen LogP contribution in [0.15, 0.2) is 18.2 Å². The van der Waals surface area contributed by atoms with Crippen LogP contribution in [0.5, 0.6) is 0 Å². The Morgan fingerprint density at radius 2 is 1.86 bits per heavy atom. The van der Waals surface area contributed by atoms with Crippen LogP contribution in [0, 0.1) is 11.6 Å². The fourth-order valence-electron chi connectivity index (χ4n) is 2.90. The van der Waals surface area contributed by atoms with Gasteiger partial charge in [0.05, 0.1) is 25.4 Å². The zero-order valence-corrected chi connectivity index (χ0v) is 11.5. The molecule has 1 N–H and O–H groups in total. The SMILES string of the molecule is O=C(N[C@@H]1CC[C@H]2OCCO[C@@H]2C1)c1ccc(F)c(F)c1. The van der Waals surface area contributed by atoms with E-state index in [0.29, 0.717) is 19.6 Å². The van der Waals surface area contributed by atoms with Gasteiger partial charge in [-0.2, -0.15) is 0 Å². The van der Waals surface area contributed by atoms with Crippen molar-refractivity contribution < 1.29 is 23.0 Å². The molecule has 4 nitrogen and oxygen atoms in total. The first kappa shape index (κ1) is 14.4. The average molecular weight is 297 g/mol. The summed E-state index contributed by atoms with van der Waals surface area (Å²) in [5.74, 6) is -2.37. The fraction of sp³-hybridized carbons (Fsp3) is 0.533. The molecule has 0 spiro atoms. The summed E-state index contributed by atoms with van der Waals surface area (Å²) in [7, 11) is 0. The van der Waals surface area contributed by atoms with Gasteiger partial charge in [0, 0.05) is 11.6 Å². The minimum atomic E-state index is -1.02. The van der Waals surface area contributed by atoms with E-state index in [4.69, 9.17) is 9.47 Å². The van der Waals surface area contributed by atoms with Gasteiger partial charge in [-0.25, -0.2) is 8.78 Å². The van der Waals surface area contributed by atoms with Crippen LogP contribution in [-0.4, -0.2) is 37.4 Å². The molecule has 1 aliphatic carbocycles. The van der Waals surface area contributed by atoms with E-state index in [9.17, 15) is 13.6 Å². The van der Waals surface area contributed by atoms with Crippen molar-refractivity contribution in [1.82, 2.24) is 5.32 Å². The van der Waals surface area contributed by atoms with E-state index in [-0.39, 0.29) is 23.8 Å². The Balaban J connectivity index is 1.61. The summed E-state index contributed by atoms with van der Waals surface area (Å²) in [6, 6.07) is 3.11. The molecule has 1 aliphatic heterocycles. The number of carbonyl (C=O) groups excluding carboxylic acids is 1. The molecule has 1 heterocycles. The van der Waals surface area contributed by atoms with Crippen molar-refractivity contribution in [3.63, 3.8) is 0 Å². The molecule has 1 saturated heterocycles. The van der Waals surface area contributed by atoms with Gasteiger partial charge in [0.2, 0.25) is 0 Å². The van der Waals surface area contributed by atoms with E-state index in [1.165, 1.54) is 6.07 Å². The fourth-order valence-corrected chi connectivity index (χ4v) is 2.90. The second kappa shape index (κ2) is 6.07. The van der Waals surface area contributed by atoms with Gasteiger partial charge in [0.15, 0.2) is 11.6 Å². The molecule has 2 fully saturated rings. The van der Waals surface area contributed by atoms with Gasteiger partial charge in [-0.3, -0.25) is 4.79 Å². The Hall–Kier alpha value is -1.53. The predicted molar refractivity (Wildman–Crippen MR) is 70.9 cm³/mol. The molecule has 6 heteroatoms. The molecule has 0 bridgehead atoms. The normalized spacial score (nSPS) is 28.8. The number of hydrogen-bond acceptors (Lipinski definition) is 3. The first-order chi connectivity index (χ1) is 10.1. The Bertz CT molecular complexity index is 538. The maximum absolute atomic E-state index is 13.1. The van der Waals surface area contributed by atoms with Crippen LogP contribution in [0.1, 0.15) is 29.6 Å². The van der Waals surface area contributed by atoms with Crippen LogP contribution in [0.25, 0.3) is 0 Å². The third kappa shape index (κ3) is 3.22. The van der Waals surface area contributed by atoms with Crippen molar-refractivity contribution in [2.45, 2.75) is 37.5 Å². The molecular weight excluding hydrogens is 280 g/mol. The zero-order chi connectivity index (χ0) is 14.8. The summed E-state index contributed by atoms with van der Waals surface area (Å²) >= 11 is 0. The summed E-state index contributed by atoms with van der Waals surface area (Å²) in [6.45, 7) is 1.19. The lowest BCUT2D eigenvalue weighted by atomic mass is 9.89. The number of nitrogens with one attached hydrogen (secondary N) is 1.